The highest BCUT2D eigenvalue weighted by Gasteiger charge is 2.21. The van der Waals surface area contributed by atoms with Gasteiger partial charge in [0.05, 0.1) is 4.92 Å². The predicted octanol–water partition coefficient (Wildman–Crippen LogP) is 1.78. The standard InChI is InChI=1S/C9H8N4O3/c1-6-9(13(14)15)7(16-12-6)2-3-8-10-4-5-11-8/h2-5H,1H3,(H,10,11)/b3-2+. The maximum absolute atomic E-state index is 10.7. The Morgan fingerprint density at radius 1 is 1.56 bits per heavy atom. The summed E-state index contributed by atoms with van der Waals surface area (Å²) in [5, 5.41) is 14.3. The number of aromatic amines is 1. The summed E-state index contributed by atoms with van der Waals surface area (Å²) < 4.78 is 4.83. The molecular formula is C9H8N4O3. The number of hydrogen-bond donors (Lipinski definition) is 1. The van der Waals surface area contributed by atoms with Crippen molar-refractivity contribution in [1.29, 1.82) is 0 Å². The van der Waals surface area contributed by atoms with E-state index in [1.807, 2.05) is 0 Å². The van der Waals surface area contributed by atoms with Gasteiger partial charge in [-0.05, 0) is 19.1 Å². The Balaban J connectivity index is 2.32. The second-order valence-corrected chi connectivity index (χ2v) is 3.05. The Kier molecular flexibility index (Phi) is 2.50. The van der Waals surface area contributed by atoms with E-state index in [1.165, 1.54) is 13.0 Å². The zero-order valence-corrected chi connectivity index (χ0v) is 8.38. The summed E-state index contributed by atoms with van der Waals surface area (Å²) in [5.74, 6) is 0.697. The van der Waals surface area contributed by atoms with Crippen LogP contribution in [0.1, 0.15) is 17.3 Å². The normalized spacial score (nSPS) is 11.1. The molecule has 16 heavy (non-hydrogen) atoms. The second kappa shape index (κ2) is 3.97. The van der Waals surface area contributed by atoms with Crippen LogP contribution in [-0.2, 0) is 0 Å². The number of rotatable bonds is 3. The van der Waals surface area contributed by atoms with Gasteiger partial charge in [0.1, 0.15) is 5.82 Å². The first kappa shape index (κ1) is 10.1. The van der Waals surface area contributed by atoms with E-state index in [-0.39, 0.29) is 17.1 Å². The van der Waals surface area contributed by atoms with Gasteiger partial charge in [-0.2, -0.15) is 0 Å². The molecule has 0 bridgehead atoms. The molecule has 1 N–H and O–H groups in total. The molecule has 0 fully saturated rings. The average molecular weight is 220 g/mol. The largest absolute Gasteiger partial charge is 0.349 e. The molecule has 0 saturated heterocycles. The maximum atomic E-state index is 10.7. The van der Waals surface area contributed by atoms with Gasteiger partial charge < -0.3 is 9.51 Å². The monoisotopic (exact) mass is 220 g/mol. The molecule has 0 unspecified atom stereocenters. The SMILES string of the molecule is Cc1noc(/C=C/c2ncc[nH]2)c1[N+](=O)[O-]. The molecule has 82 valence electrons. The lowest BCUT2D eigenvalue weighted by atomic mass is 10.3. The summed E-state index contributed by atoms with van der Waals surface area (Å²) in [6.45, 7) is 1.52. The van der Waals surface area contributed by atoms with Crippen molar-refractivity contribution in [3.63, 3.8) is 0 Å². The van der Waals surface area contributed by atoms with E-state index in [1.54, 1.807) is 18.5 Å². The van der Waals surface area contributed by atoms with Crippen molar-refractivity contribution in [1.82, 2.24) is 15.1 Å². The van der Waals surface area contributed by atoms with E-state index >= 15 is 0 Å². The molecule has 0 atom stereocenters. The zero-order chi connectivity index (χ0) is 11.5. The zero-order valence-electron chi connectivity index (χ0n) is 8.38. The summed E-state index contributed by atoms with van der Waals surface area (Å²) >= 11 is 0. The minimum Gasteiger partial charge on any atom is -0.349 e. The third-order valence-corrected chi connectivity index (χ3v) is 1.95. The predicted molar refractivity (Wildman–Crippen MR) is 55.4 cm³/mol. The Hall–Kier alpha value is -2.44. The number of hydrogen-bond acceptors (Lipinski definition) is 5. The first-order valence-corrected chi connectivity index (χ1v) is 4.46. The lowest BCUT2D eigenvalue weighted by molar-refractivity contribution is -0.386. The van der Waals surface area contributed by atoms with Crippen LogP contribution in [0.4, 0.5) is 5.69 Å². The van der Waals surface area contributed by atoms with Crippen molar-refractivity contribution in [2.45, 2.75) is 6.92 Å². The molecule has 2 aromatic rings. The van der Waals surface area contributed by atoms with Crippen LogP contribution in [0.2, 0.25) is 0 Å². The van der Waals surface area contributed by atoms with E-state index in [0.29, 0.717) is 5.82 Å². The highest BCUT2D eigenvalue weighted by molar-refractivity contribution is 5.69. The van der Waals surface area contributed by atoms with Crippen molar-refractivity contribution >= 4 is 17.8 Å². The molecule has 7 nitrogen and oxygen atoms in total. The topological polar surface area (TPSA) is 97.8 Å². The third kappa shape index (κ3) is 1.83. The number of aromatic nitrogens is 3. The Labute approximate surface area is 89.9 Å². The van der Waals surface area contributed by atoms with Crippen LogP contribution in [-0.4, -0.2) is 20.0 Å². The van der Waals surface area contributed by atoms with Gasteiger partial charge in [-0.15, -0.1) is 0 Å². The molecule has 2 rings (SSSR count). The van der Waals surface area contributed by atoms with E-state index in [9.17, 15) is 10.1 Å². The molecule has 0 aliphatic rings. The summed E-state index contributed by atoms with van der Waals surface area (Å²) in [6, 6.07) is 0. The van der Waals surface area contributed by atoms with Crippen LogP contribution in [0.3, 0.4) is 0 Å². The first-order chi connectivity index (χ1) is 7.68. The number of H-pyrrole nitrogens is 1. The van der Waals surface area contributed by atoms with Crippen molar-refractivity contribution in [3.05, 3.63) is 39.8 Å². The number of nitrogens with one attached hydrogen (secondary N) is 1. The maximum Gasteiger partial charge on any atom is 0.338 e. The highest BCUT2D eigenvalue weighted by atomic mass is 16.6. The van der Waals surface area contributed by atoms with Crippen LogP contribution < -0.4 is 0 Å². The fraction of sp³-hybridized carbons (Fsp3) is 0.111. The van der Waals surface area contributed by atoms with Crippen molar-refractivity contribution in [2.24, 2.45) is 0 Å². The Morgan fingerprint density at radius 3 is 3.00 bits per heavy atom. The third-order valence-electron chi connectivity index (χ3n) is 1.95. The smallest absolute Gasteiger partial charge is 0.338 e. The fourth-order valence-corrected chi connectivity index (χ4v) is 1.24. The molecule has 0 saturated carbocycles. The van der Waals surface area contributed by atoms with Gasteiger partial charge in [0.2, 0.25) is 5.76 Å². The van der Waals surface area contributed by atoms with Crippen LogP contribution >= 0.6 is 0 Å². The molecule has 0 radical (unpaired) electrons. The molecule has 7 heteroatoms. The first-order valence-electron chi connectivity index (χ1n) is 4.46. The molecule has 2 heterocycles. The minimum absolute atomic E-state index is 0.110. The van der Waals surface area contributed by atoms with Crippen molar-refractivity contribution < 1.29 is 9.45 Å². The number of aryl methyl sites for hydroxylation is 1. The van der Waals surface area contributed by atoms with Crippen LogP contribution in [0.25, 0.3) is 12.2 Å². The second-order valence-electron chi connectivity index (χ2n) is 3.05. The van der Waals surface area contributed by atoms with Gasteiger partial charge in [-0.3, -0.25) is 10.1 Å². The van der Waals surface area contributed by atoms with Crippen LogP contribution in [0, 0.1) is 17.0 Å². The molecule has 0 aliphatic carbocycles. The number of nitro groups is 1. The van der Waals surface area contributed by atoms with E-state index in [0.717, 1.165) is 0 Å². The molecule has 0 spiro atoms. The Morgan fingerprint density at radius 2 is 2.38 bits per heavy atom. The molecule has 0 aromatic carbocycles. The summed E-state index contributed by atoms with van der Waals surface area (Å²) in [5.41, 5.74) is 0.131. The van der Waals surface area contributed by atoms with Crippen LogP contribution in [0.15, 0.2) is 16.9 Å². The minimum atomic E-state index is -0.520. The van der Waals surface area contributed by atoms with E-state index < -0.39 is 4.92 Å². The lowest BCUT2D eigenvalue weighted by Crippen LogP contribution is -1.90. The van der Waals surface area contributed by atoms with E-state index in [4.69, 9.17) is 4.52 Å². The quantitative estimate of drug-likeness (QED) is 0.628. The van der Waals surface area contributed by atoms with Gasteiger partial charge in [-0.25, -0.2) is 4.98 Å². The number of imidazole rings is 1. The van der Waals surface area contributed by atoms with Gasteiger partial charge >= 0.3 is 5.69 Å². The summed E-state index contributed by atoms with van der Waals surface area (Å²) in [7, 11) is 0. The van der Waals surface area contributed by atoms with Gasteiger partial charge in [0.15, 0.2) is 5.69 Å². The molecule has 0 amide bonds. The fourth-order valence-electron chi connectivity index (χ4n) is 1.24. The average Bonchev–Trinajstić information content (AvgIpc) is 2.83. The van der Waals surface area contributed by atoms with Crippen molar-refractivity contribution in [2.75, 3.05) is 0 Å². The summed E-state index contributed by atoms with van der Waals surface area (Å²) in [6.07, 6.45) is 6.27. The number of nitrogens with zero attached hydrogens (tertiary/aromatic N) is 3. The molecule has 0 aliphatic heterocycles. The lowest BCUT2D eigenvalue weighted by Gasteiger charge is -1.87. The van der Waals surface area contributed by atoms with Gasteiger partial charge in [0.25, 0.3) is 0 Å². The van der Waals surface area contributed by atoms with Crippen LogP contribution in [0.5, 0.6) is 0 Å². The van der Waals surface area contributed by atoms with Crippen molar-refractivity contribution in [3.8, 4) is 0 Å². The molecular weight excluding hydrogens is 212 g/mol. The van der Waals surface area contributed by atoms with Gasteiger partial charge in [-0.1, -0.05) is 5.16 Å². The molecule has 2 aromatic heterocycles. The highest BCUT2D eigenvalue weighted by Crippen LogP contribution is 2.24. The van der Waals surface area contributed by atoms with Gasteiger partial charge in [0, 0.05) is 12.4 Å². The summed E-state index contributed by atoms with van der Waals surface area (Å²) in [4.78, 5) is 17.0. The Bertz CT molecular complexity index is 527. The van der Waals surface area contributed by atoms with E-state index in [2.05, 4.69) is 15.1 Å².